The number of hydrogen-bond acceptors (Lipinski definition) is 3. The van der Waals surface area contributed by atoms with Crippen LogP contribution in [0.5, 0.6) is 0 Å². The highest BCUT2D eigenvalue weighted by molar-refractivity contribution is 5.95. The van der Waals surface area contributed by atoms with Gasteiger partial charge in [0.2, 0.25) is 0 Å². The molecule has 150 valence electrons. The second-order valence-corrected chi connectivity index (χ2v) is 7.05. The lowest BCUT2D eigenvalue weighted by atomic mass is 10.2. The highest BCUT2D eigenvalue weighted by Crippen LogP contribution is 2.17. The Morgan fingerprint density at radius 1 is 0.900 bits per heavy atom. The first-order chi connectivity index (χ1) is 14.6. The van der Waals surface area contributed by atoms with Gasteiger partial charge in [0.15, 0.2) is 0 Å². The van der Waals surface area contributed by atoms with E-state index in [1.165, 1.54) is 0 Å². The fourth-order valence-corrected chi connectivity index (χ4v) is 3.18. The Balaban J connectivity index is 1.46. The zero-order valence-corrected chi connectivity index (χ0v) is 16.9. The highest BCUT2D eigenvalue weighted by Gasteiger charge is 2.06. The van der Waals surface area contributed by atoms with Gasteiger partial charge in [-0.3, -0.25) is 4.79 Å². The Morgan fingerprint density at radius 2 is 1.67 bits per heavy atom. The van der Waals surface area contributed by atoms with E-state index in [1.54, 1.807) is 12.3 Å². The molecule has 0 saturated heterocycles. The van der Waals surface area contributed by atoms with Gasteiger partial charge in [0.1, 0.15) is 0 Å². The summed E-state index contributed by atoms with van der Waals surface area (Å²) in [4.78, 5) is 14.6. The summed E-state index contributed by atoms with van der Waals surface area (Å²) >= 11 is 0. The van der Waals surface area contributed by atoms with Crippen molar-refractivity contribution in [1.29, 1.82) is 0 Å². The average Bonchev–Trinajstić information content (AvgIpc) is 3.46. The van der Waals surface area contributed by atoms with Gasteiger partial charge >= 0.3 is 0 Å². The number of hydrazone groups is 1. The zero-order valence-electron chi connectivity index (χ0n) is 16.9. The Bertz CT molecular complexity index is 1150. The molecule has 0 atom stereocenters. The van der Waals surface area contributed by atoms with Gasteiger partial charge in [-0.05, 0) is 66.7 Å². The van der Waals surface area contributed by atoms with E-state index in [1.807, 2.05) is 84.3 Å². The fourth-order valence-electron chi connectivity index (χ4n) is 3.18. The molecule has 1 amide bonds. The largest absolute Gasteiger partial charge is 0.378 e. The van der Waals surface area contributed by atoms with Crippen LogP contribution >= 0.6 is 0 Å². The molecule has 6 nitrogen and oxygen atoms in total. The molecule has 0 aliphatic rings. The maximum absolute atomic E-state index is 12.5. The van der Waals surface area contributed by atoms with E-state index in [0.29, 0.717) is 5.56 Å². The molecule has 0 bridgehead atoms. The van der Waals surface area contributed by atoms with Crippen LogP contribution in [0.4, 0.5) is 5.69 Å². The standard InChI is InChI=1S/C24H23N5O/c1-27(2)20-10-12-21(13-11-20)29-16-6-9-23(29)18-25-26-24(30)19-7-5-8-22(17-19)28-14-3-4-15-28/h3-18H,1-2H3,(H,26,30)/b25-18+. The van der Waals surface area contributed by atoms with Crippen molar-refractivity contribution < 1.29 is 4.79 Å². The summed E-state index contributed by atoms with van der Waals surface area (Å²) in [7, 11) is 4.03. The maximum Gasteiger partial charge on any atom is 0.271 e. The number of nitrogens with zero attached hydrogens (tertiary/aromatic N) is 4. The molecule has 30 heavy (non-hydrogen) atoms. The summed E-state index contributed by atoms with van der Waals surface area (Å²) in [5, 5.41) is 4.15. The summed E-state index contributed by atoms with van der Waals surface area (Å²) < 4.78 is 3.97. The van der Waals surface area contributed by atoms with Crippen LogP contribution in [0, 0.1) is 0 Å². The van der Waals surface area contributed by atoms with Crippen molar-refractivity contribution >= 4 is 17.8 Å². The van der Waals surface area contributed by atoms with Crippen LogP contribution < -0.4 is 10.3 Å². The molecule has 1 N–H and O–H groups in total. The van der Waals surface area contributed by atoms with E-state index in [-0.39, 0.29) is 5.91 Å². The number of anilines is 1. The average molecular weight is 397 g/mol. The molecule has 2 aromatic heterocycles. The van der Waals surface area contributed by atoms with Crippen LogP contribution in [0.2, 0.25) is 0 Å². The molecule has 0 radical (unpaired) electrons. The SMILES string of the molecule is CN(C)c1ccc(-n2cccc2/C=N/NC(=O)c2cccc(-n3cccc3)c2)cc1. The van der Waals surface area contributed by atoms with Crippen LogP contribution in [0.25, 0.3) is 11.4 Å². The summed E-state index contributed by atoms with van der Waals surface area (Å²) in [6, 6.07) is 23.4. The molecule has 2 heterocycles. The number of rotatable bonds is 6. The van der Waals surface area contributed by atoms with Crippen molar-refractivity contribution in [2.24, 2.45) is 5.10 Å². The molecule has 0 fully saturated rings. The number of hydrogen-bond donors (Lipinski definition) is 1. The quantitative estimate of drug-likeness (QED) is 0.393. The van der Waals surface area contributed by atoms with E-state index in [9.17, 15) is 4.79 Å². The normalized spacial score (nSPS) is 11.0. The van der Waals surface area contributed by atoms with Gasteiger partial charge in [-0.2, -0.15) is 5.10 Å². The van der Waals surface area contributed by atoms with Crippen LogP contribution in [0.1, 0.15) is 16.1 Å². The predicted molar refractivity (Wildman–Crippen MR) is 121 cm³/mol. The van der Waals surface area contributed by atoms with E-state index in [0.717, 1.165) is 22.8 Å². The summed E-state index contributed by atoms with van der Waals surface area (Å²) in [5.74, 6) is -0.256. The van der Waals surface area contributed by atoms with E-state index < -0.39 is 0 Å². The molecule has 0 saturated carbocycles. The number of carbonyl (C=O) groups is 1. The van der Waals surface area contributed by atoms with Crippen molar-refractivity contribution in [2.45, 2.75) is 0 Å². The molecule has 0 aliphatic carbocycles. The van der Waals surface area contributed by atoms with Gasteiger partial charge in [-0.25, -0.2) is 5.43 Å². The number of aromatic nitrogens is 2. The van der Waals surface area contributed by atoms with Gasteiger partial charge < -0.3 is 14.0 Å². The Labute approximate surface area is 175 Å². The molecular weight excluding hydrogens is 374 g/mol. The second kappa shape index (κ2) is 8.53. The summed E-state index contributed by atoms with van der Waals surface area (Å²) in [5.41, 5.74) is 7.12. The lowest BCUT2D eigenvalue weighted by Gasteiger charge is -2.13. The molecule has 0 unspecified atom stereocenters. The number of nitrogens with one attached hydrogen (secondary N) is 1. The van der Waals surface area contributed by atoms with Crippen molar-refractivity contribution in [3.63, 3.8) is 0 Å². The lowest BCUT2D eigenvalue weighted by molar-refractivity contribution is 0.0955. The van der Waals surface area contributed by atoms with Gasteiger partial charge in [0.05, 0.1) is 11.9 Å². The third-order valence-electron chi connectivity index (χ3n) is 4.80. The van der Waals surface area contributed by atoms with E-state index in [4.69, 9.17) is 0 Å². The van der Waals surface area contributed by atoms with Crippen molar-refractivity contribution in [2.75, 3.05) is 19.0 Å². The Kier molecular flexibility index (Phi) is 5.48. The van der Waals surface area contributed by atoms with Crippen molar-refractivity contribution in [3.05, 3.63) is 103 Å². The minimum atomic E-state index is -0.256. The zero-order chi connectivity index (χ0) is 20.9. The highest BCUT2D eigenvalue weighted by atomic mass is 16.2. The summed E-state index contributed by atoms with van der Waals surface area (Å²) in [6.45, 7) is 0. The number of benzene rings is 2. The Hall–Kier alpha value is -4.06. The van der Waals surface area contributed by atoms with Crippen LogP contribution in [-0.2, 0) is 0 Å². The van der Waals surface area contributed by atoms with Crippen molar-refractivity contribution in [3.8, 4) is 11.4 Å². The van der Waals surface area contributed by atoms with Gasteiger partial charge in [-0.15, -0.1) is 0 Å². The first-order valence-corrected chi connectivity index (χ1v) is 9.64. The molecule has 4 rings (SSSR count). The van der Waals surface area contributed by atoms with Crippen molar-refractivity contribution in [1.82, 2.24) is 14.6 Å². The third-order valence-corrected chi connectivity index (χ3v) is 4.80. The maximum atomic E-state index is 12.5. The van der Waals surface area contributed by atoms with Gasteiger partial charge in [0.25, 0.3) is 5.91 Å². The number of carbonyl (C=O) groups excluding carboxylic acids is 1. The minimum Gasteiger partial charge on any atom is -0.378 e. The molecule has 2 aromatic carbocycles. The van der Waals surface area contributed by atoms with E-state index >= 15 is 0 Å². The first kappa shape index (κ1) is 19.3. The number of amides is 1. The lowest BCUT2D eigenvalue weighted by Crippen LogP contribution is -2.18. The minimum absolute atomic E-state index is 0.256. The van der Waals surface area contributed by atoms with Gasteiger partial charge in [0, 0.05) is 55.3 Å². The summed E-state index contributed by atoms with van der Waals surface area (Å²) in [6.07, 6.45) is 7.49. The molecule has 6 heteroatoms. The second-order valence-electron chi connectivity index (χ2n) is 7.05. The monoisotopic (exact) mass is 397 g/mol. The van der Waals surface area contributed by atoms with Crippen LogP contribution in [0.3, 0.4) is 0 Å². The topological polar surface area (TPSA) is 54.6 Å². The van der Waals surface area contributed by atoms with Crippen LogP contribution in [0.15, 0.2) is 96.5 Å². The van der Waals surface area contributed by atoms with Crippen LogP contribution in [-0.4, -0.2) is 35.4 Å². The fraction of sp³-hybridized carbons (Fsp3) is 0.0833. The molecule has 0 aliphatic heterocycles. The Morgan fingerprint density at radius 3 is 2.40 bits per heavy atom. The first-order valence-electron chi connectivity index (χ1n) is 9.64. The van der Waals surface area contributed by atoms with E-state index in [2.05, 4.69) is 39.7 Å². The molecule has 0 spiro atoms. The van der Waals surface area contributed by atoms with Gasteiger partial charge in [-0.1, -0.05) is 6.07 Å². The third kappa shape index (κ3) is 4.17. The predicted octanol–water partition coefficient (Wildman–Crippen LogP) is 4.10. The smallest absolute Gasteiger partial charge is 0.271 e. The molecular formula is C24H23N5O. The molecule has 4 aromatic rings.